The van der Waals surface area contributed by atoms with E-state index in [0.717, 1.165) is 30.8 Å². The van der Waals surface area contributed by atoms with Crippen LogP contribution in [0, 0.1) is 19.8 Å². The molecule has 0 aliphatic carbocycles. The number of hydrogen-bond donors (Lipinski definition) is 1. The van der Waals surface area contributed by atoms with Crippen molar-refractivity contribution in [1.29, 1.82) is 0 Å². The number of aromatic nitrogens is 2. The summed E-state index contributed by atoms with van der Waals surface area (Å²) in [6.45, 7) is 12.1. The van der Waals surface area contributed by atoms with Crippen molar-refractivity contribution in [3.8, 4) is 0 Å². The van der Waals surface area contributed by atoms with Gasteiger partial charge in [-0.05, 0) is 38.8 Å². The van der Waals surface area contributed by atoms with Crippen molar-refractivity contribution in [1.82, 2.24) is 14.9 Å². The number of aryl methyl sites for hydroxylation is 2. The molecule has 0 spiro atoms. The second-order valence-corrected chi connectivity index (χ2v) is 5.38. The molecule has 0 fully saturated rings. The van der Waals surface area contributed by atoms with E-state index in [9.17, 15) is 4.79 Å². The standard InChI is InChI=1S/C15H27N3O/c1-6-8-16-14(11(3)7-2)10-18-13(5)9-12(4)17-15(18)19/h9,11,14,16H,6-8,10H2,1-5H3. The Hall–Kier alpha value is -1.16. The van der Waals surface area contributed by atoms with Crippen LogP contribution in [0.3, 0.4) is 0 Å². The van der Waals surface area contributed by atoms with Crippen LogP contribution in [0.4, 0.5) is 0 Å². The first kappa shape index (κ1) is 15.9. The molecular weight excluding hydrogens is 238 g/mol. The van der Waals surface area contributed by atoms with Gasteiger partial charge in [-0.1, -0.05) is 27.2 Å². The SMILES string of the molecule is CCCNC(Cn1c(C)cc(C)nc1=O)C(C)CC. The molecule has 1 aromatic heterocycles. The van der Waals surface area contributed by atoms with E-state index in [1.165, 1.54) is 0 Å². The summed E-state index contributed by atoms with van der Waals surface area (Å²) in [5.41, 5.74) is 1.65. The summed E-state index contributed by atoms with van der Waals surface area (Å²) in [6.07, 6.45) is 2.21. The highest BCUT2D eigenvalue weighted by Crippen LogP contribution is 2.10. The quantitative estimate of drug-likeness (QED) is 0.822. The molecule has 0 radical (unpaired) electrons. The zero-order valence-corrected chi connectivity index (χ0v) is 12.9. The van der Waals surface area contributed by atoms with Gasteiger partial charge in [0, 0.05) is 24.0 Å². The van der Waals surface area contributed by atoms with Gasteiger partial charge in [0.25, 0.3) is 0 Å². The Balaban J connectivity index is 2.92. The van der Waals surface area contributed by atoms with Crippen molar-refractivity contribution in [3.63, 3.8) is 0 Å². The normalized spacial score (nSPS) is 14.4. The van der Waals surface area contributed by atoms with Crippen molar-refractivity contribution in [2.75, 3.05) is 6.54 Å². The molecule has 19 heavy (non-hydrogen) atoms. The first-order valence-corrected chi connectivity index (χ1v) is 7.28. The molecule has 0 aliphatic heterocycles. The molecule has 0 amide bonds. The van der Waals surface area contributed by atoms with Gasteiger partial charge in [-0.25, -0.2) is 4.79 Å². The Labute approximate surface area is 116 Å². The van der Waals surface area contributed by atoms with E-state index in [-0.39, 0.29) is 5.69 Å². The van der Waals surface area contributed by atoms with Crippen molar-refractivity contribution in [2.24, 2.45) is 5.92 Å². The Morgan fingerprint density at radius 2 is 2.05 bits per heavy atom. The van der Waals surface area contributed by atoms with Gasteiger partial charge < -0.3 is 5.32 Å². The van der Waals surface area contributed by atoms with Crippen LogP contribution in [0.5, 0.6) is 0 Å². The summed E-state index contributed by atoms with van der Waals surface area (Å²) in [6, 6.07) is 2.29. The monoisotopic (exact) mass is 265 g/mol. The summed E-state index contributed by atoms with van der Waals surface area (Å²) in [5, 5.41) is 3.55. The lowest BCUT2D eigenvalue weighted by Crippen LogP contribution is -2.42. The zero-order valence-electron chi connectivity index (χ0n) is 12.9. The maximum absolute atomic E-state index is 12.0. The van der Waals surface area contributed by atoms with Crippen LogP contribution in [-0.2, 0) is 6.54 Å². The number of nitrogens with zero attached hydrogens (tertiary/aromatic N) is 2. The number of nitrogens with one attached hydrogen (secondary N) is 1. The minimum Gasteiger partial charge on any atom is -0.312 e. The molecular formula is C15H27N3O. The van der Waals surface area contributed by atoms with E-state index < -0.39 is 0 Å². The summed E-state index contributed by atoms with van der Waals surface area (Å²) in [4.78, 5) is 16.0. The van der Waals surface area contributed by atoms with Gasteiger partial charge in [0.05, 0.1) is 0 Å². The molecule has 0 saturated heterocycles. The second-order valence-electron chi connectivity index (χ2n) is 5.38. The largest absolute Gasteiger partial charge is 0.348 e. The molecule has 1 N–H and O–H groups in total. The van der Waals surface area contributed by atoms with Gasteiger partial charge in [-0.15, -0.1) is 0 Å². The molecule has 1 rings (SSSR count). The van der Waals surface area contributed by atoms with Gasteiger partial charge in [0.1, 0.15) is 0 Å². The number of rotatable bonds is 7. The minimum atomic E-state index is -0.135. The smallest absolute Gasteiger partial charge is 0.312 e. The Morgan fingerprint density at radius 3 is 2.58 bits per heavy atom. The predicted octanol–water partition coefficient (Wildman–Crippen LogP) is 2.27. The topological polar surface area (TPSA) is 46.9 Å². The van der Waals surface area contributed by atoms with Crippen molar-refractivity contribution in [3.05, 3.63) is 27.9 Å². The van der Waals surface area contributed by atoms with Crippen LogP contribution in [0.15, 0.2) is 10.9 Å². The molecule has 1 heterocycles. The average Bonchev–Trinajstić information content (AvgIpc) is 2.36. The van der Waals surface area contributed by atoms with Crippen LogP contribution in [0.25, 0.3) is 0 Å². The molecule has 0 bridgehead atoms. The molecule has 108 valence electrons. The van der Waals surface area contributed by atoms with Gasteiger partial charge in [-0.3, -0.25) is 4.57 Å². The molecule has 1 aromatic rings. The van der Waals surface area contributed by atoms with E-state index >= 15 is 0 Å². The third-order valence-electron chi connectivity index (χ3n) is 3.71. The lowest BCUT2D eigenvalue weighted by atomic mass is 9.98. The lowest BCUT2D eigenvalue weighted by molar-refractivity contribution is 0.323. The average molecular weight is 265 g/mol. The highest BCUT2D eigenvalue weighted by atomic mass is 16.1. The van der Waals surface area contributed by atoms with E-state index in [1.54, 1.807) is 4.57 Å². The fourth-order valence-corrected chi connectivity index (χ4v) is 2.25. The second kappa shape index (κ2) is 7.43. The Bertz CT molecular complexity index is 453. The first-order valence-electron chi connectivity index (χ1n) is 7.28. The van der Waals surface area contributed by atoms with Gasteiger partial charge in [0.2, 0.25) is 0 Å². The van der Waals surface area contributed by atoms with E-state index in [2.05, 4.69) is 31.1 Å². The van der Waals surface area contributed by atoms with E-state index in [4.69, 9.17) is 0 Å². The third kappa shape index (κ3) is 4.46. The van der Waals surface area contributed by atoms with Gasteiger partial charge >= 0.3 is 5.69 Å². The van der Waals surface area contributed by atoms with Gasteiger partial charge in [-0.2, -0.15) is 4.98 Å². The summed E-state index contributed by atoms with van der Waals surface area (Å²) >= 11 is 0. The molecule has 4 heteroatoms. The van der Waals surface area contributed by atoms with Crippen LogP contribution in [0.1, 0.15) is 45.0 Å². The van der Waals surface area contributed by atoms with E-state index in [0.29, 0.717) is 18.5 Å². The highest BCUT2D eigenvalue weighted by Gasteiger charge is 2.17. The van der Waals surface area contributed by atoms with Crippen LogP contribution in [-0.4, -0.2) is 22.1 Å². The molecule has 0 aromatic carbocycles. The van der Waals surface area contributed by atoms with Gasteiger partial charge in [0.15, 0.2) is 0 Å². The number of hydrogen-bond acceptors (Lipinski definition) is 3. The van der Waals surface area contributed by atoms with Crippen LogP contribution >= 0.6 is 0 Å². The summed E-state index contributed by atoms with van der Waals surface area (Å²) in [7, 11) is 0. The Kier molecular flexibility index (Phi) is 6.22. The van der Waals surface area contributed by atoms with Crippen molar-refractivity contribution in [2.45, 2.75) is 60.0 Å². The fraction of sp³-hybridized carbons (Fsp3) is 0.733. The summed E-state index contributed by atoms with van der Waals surface area (Å²) < 4.78 is 1.78. The maximum atomic E-state index is 12.0. The molecule has 2 unspecified atom stereocenters. The fourth-order valence-electron chi connectivity index (χ4n) is 2.25. The van der Waals surface area contributed by atoms with Crippen molar-refractivity contribution < 1.29 is 0 Å². The molecule has 4 nitrogen and oxygen atoms in total. The third-order valence-corrected chi connectivity index (χ3v) is 3.71. The molecule has 2 atom stereocenters. The van der Waals surface area contributed by atoms with Crippen LogP contribution in [0.2, 0.25) is 0 Å². The van der Waals surface area contributed by atoms with Crippen molar-refractivity contribution >= 4 is 0 Å². The zero-order chi connectivity index (χ0) is 14.4. The molecule has 0 aliphatic rings. The lowest BCUT2D eigenvalue weighted by Gasteiger charge is -2.25. The van der Waals surface area contributed by atoms with E-state index in [1.807, 2.05) is 19.9 Å². The minimum absolute atomic E-state index is 0.135. The van der Waals surface area contributed by atoms with Crippen LogP contribution < -0.4 is 11.0 Å². The highest BCUT2D eigenvalue weighted by molar-refractivity contribution is 5.06. The predicted molar refractivity (Wildman–Crippen MR) is 79.5 cm³/mol. The summed E-state index contributed by atoms with van der Waals surface area (Å²) in [5.74, 6) is 0.541. The molecule has 0 saturated carbocycles. The maximum Gasteiger partial charge on any atom is 0.348 e. The Morgan fingerprint density at radius 1 is 1.37 bits per heavy atom. The first-order chi connectivity index (χ1) is 8.99.